The van der Waals surface area contributed by atoms with Gasteiger partial charge in [-0.05, 0) is 61.9 Å². The molecule has 0 saturated heterocycles. The Morgan fingerprint density at radius 1 is 1.14 bits per heavy atom. The number of hydrogen-bond donors (Lipinski definition) is 3. The zero-order valence-electron chi connectivity index (χ0n) is 20.5. The van der Waals surface area contributed by atoms with Crippen LogP contribution >= 0.6 is 0 Å². The fourth-order valence-electron chi connectivity index (χ4n) is 5.31. The van der Waals surface area contributed by atoms with Crippen LogP contribution in [0.3, 0.4) is 0 Å². The van der Waals surface area contributed by atoms with Gasteiger partial charge in [-0.3, -0.25) is 14.6 Å². The minimum atomic E-state index is -0.945. The van der Waals surface area contributed by atoms with Gasteiger partial charge in [-0.1, -0.05) is 44.0 Å². The predicted molar refractivity (Wildman–Crippen MR) is 135 cm³/mol. The summed E-state index contributed by atoms with van der Waals surface area (Å²) >= 11 is 0. The SMILES string of the molecule is CCC[C@H](c1ccc(C(O)=[NH+]CCC(=O)O)cc1)N1C(=O)C(c2cccc(F)c2)=NC12CCCCC2. The van der Waals surface area contributed by atoms with E-state index in [4.69, 9.17) is 10.1 Å². The van der Waals surface area contributed by atoms with E-state index in [2.05, 4.69) is 11.9 Å². The summed E-state index contributed by atoms with van der Waals surface area (Å²) in [6, 6.07) is 13.2. The summed E-state index contributed by atoms with van der Waals surface area (Å²) in [7, 11) is 0. The number of carbonyl (C=O) groups is 2. The average molecular weight is 495 g/mol. The molecule has 1 saturated carbocycles. The first-order chi connectivity index (χ1) is 17.3. The molecule has 1 heterocycles. The molecule has 0 bridgehead atoms. The Kier molecular flexibility index (Phi) is 7.82. The molecule has 8 heteroatoms. The number of aliphatic imine (C=N–C) groups is 1. The van der Waals surface area contributed by atoms with Crippen molar-refractivity contribution in [3.05, 3.63) is 71.0 Å². The summed E-state index contributed by atoms with van der Waals surface area (Å²) < 4.78 is 14.0. The monoisotopic (exact) mass is 494 g/mol. The number of halogens is 1. The normalized spacial score (nSPS) is 18.4. The fraction of sp³-hybridized carbons (Fsp3) is 0.429. The van der Waals surface area contributed by atoms with E-state index in [9.17, 15) is 19.1 Å². The summed E-state index contributed by atoms with van der Waals surface area (Å²) in [6.07, 6.45) is 6.11. The molecule has 4 rings (SSSR count). The maximum absolute atomic E-state index is 14.0. The second-order valence-corrected chi connectivity index (χ2v) is 9.53. The smallest absolute Gasteiger partial charge is 0.365 e. The number of carbonyl (C=O) groups excluding carboxylic acids is 1. The summed E-state index contributed by atoms with van der Waals surface area (Å²) in [5, 5.41) is 19.1. The van der Waals surface area contributed by atoms with Crippen molar-refractivity contribution in [2.45, 2.75) is 70.0 Å². The van der Waals surface area contributed by atoms with Gasteiger partial charge in [0.2, 0.25) is 0 Å². The van der Waals surface area contributed by atoms with Gasteiger partial charge in [0, 0.05) is 5.56 Å². The highest BCUT2D eigenvalue weighted by Gasteiger charge is 2.50. The highest BCUT2D eigenvalue weighted by molar-refractivity contribution is 6.46. The predicted octanol–water partition coefficient (Wildman–Crippen LogP) is 3.52. The number of aliphatic hydroxyl groups excluding tert-OH is 1. The highest BCUT2D eigenvalue weighted by Crippen LogP contribution is 2.45. The van der Waals surface area contributed by atoms with E-state index in [1.54, 1.807) is 24.3 Å². The van der Waals surface area contributed by atoms with Crippen LogP contribution in [0.2, 0.25) is 0 Å². The minimum Gasteiger partial charge on any atom is -0.481 e. The van der Waals surface area contributed by atoms with E-state index < -0.39 is 17.4 Å². The average Bonchev–Trinajstić information content (AvgIpc) is 3.14. The van der Waals surface area contributed by atoms with Gasteiger partial charge in [0.15, 0.2) is 6.54 Å². The summed E-state index contributed by atoms with van der Waals surface area (Å²) in [4.78, 5) is 34.3. The molecule has 1 spiro atoms. The van der Waals surface area contributed by atoms with Gasteiger partial charge in [0.1, 0.15) is 23.6 Å². The number of aliphatic hydroxyl groups is 1. The molecule has 190 valence electrons. The maximum Gasteiger partial charge on any atom is 0.365 e. The first kappa shape index (κ1) is 25.5. The van der Waals surface area contributed by atoms with Crippen molar-refractivity contribution in [3.8, 4) is 0 Å². The van der Waals surface area contributed by atoms with E-state index in [-0.39, 0.29) is 30.8 Å². The van der Waals surface area contributed by atoms with Crippen molar-refractivity contribution in [1.82, 2.24) is 4.90 Å². The van der Waals surface area contributed by atoms with Crippen molar-refractivity contribution in [2.75, 3.05) is 6.54 Å². The molecule has 0 radical (unpaired) electrons. The van der Waals surface area contributed by atoms with Crippen LogP contribution in [0.5, 0.6) is 0 Å². The molecule has 1 fully saturated rings. The van der Waals surface area contributed by atoms with E-state index >= 15 is 0 Å². The summed E-state index contributed by atoms with van der Waals surface area (Å²) in [5.41, 5.74) is 1.67. The molecule has 2 aromatic carbocycles. The lowest BCUT2D eigenvalue weighted by atomic mass is 9.86. The number of nitrogens with one attached hydrogen (secondary N) is 1. The lowest BCUT2D eigenvalue weighted by Gasteiger charge is -2.44. The van der Waals surface area contributed by atoms with Crippen LogP contribution in [-0.4, -0.2) is 50.8 Å². The number of benzene rings is 2. The standard InChI is InChI=1S/C28H32FN3O4/c1-2-7-23(19-10-12-20(13-11-19)26(35)30-17-14-24(33)34)32-27(36)25(21-8-6-9-22(29)18-21)31-28(32)15-4-3-5-16-28/h6,8-13,18,23H,2-5,7,14-17H2,1H3,(H,30,35)(H,33,34)/p+1/t23-/m1/s1. The van der Waals surface area contributed by atoms with Gasteiger partial charge in [-0.15, -0.1) is 0 Å². The molecule has 3 N–H and O–H groups in total. The topological polar surface area (TPSA) is 104 Å². The van der Waals surface area contributed by atoms with Crippen molar-refractivity contribution in [3.63, 3.8) is 0 Å². The Morgan fingerprint density at radius 2 is 1.86 bits per heavy atom. The lowest BCUT2D eigenvalue weighted by molar-refractivity contribution is -0.464. The number of hydrogen-bond acceptors (Lipinski definition) is 3. The Labute approximate surface area is 210 Å². The first-order valence-corrected chi connectivity index (χ1v) is 12.7. The van der Waals surface area contributed by atoms with Crippen molar-refractivity contribution in [2.24, 2.45) is 4.99 Å². The molecule has 1 aliphatic heterocycles. The van der Waals surface area contributed by atoms with Crippen LogP contribution in [0, 0.1) is 5.82 Å². The van der Waals surface area contributed by atoms with Crippen LogP contribution in [0.25, 0.3) is 0 Å². The second-order valence-electron chi connectivity index (χ2n) is 9.53. The second kappa shape index (κ2) is 11.0. The maximum atomic E-state index is 14.0. The zero-order valence-corrected chi connectivity index (χ0v) is 20.5. The van der Waals surface area contributed by atoms with Crippen LogP contribution < -0.4 is 4.99 Å². The summed E-state index contributed by atoms with van der Waals surface area (Å²) in [6.45, 7) is 2.20. The number of rotatable bonds is 9. The quantitative estimate of drug-likeness (QED) is 0.367. The first-order valence-electron chi connectivity index (χ1n) is 12.7. The molecule has 0 unspecified atom stereocenters. The number of carboxylic acid groups (broad SMARTS) is 1. The number of carboxylic acids is 1. The van der Waals surface area contributed by atoms with Crippen molar-refractivity contribution in [1.29, 1.82) is 0 Å². The molecule has 2 aromatic rings. The molecular weight excluding hydrogens is 461 g/mol. The minimum absolute atomic E-state index is 0.0902. The van der Waals surface area contributed by atoms with Gasteiger partial charge in [-0.2, -0.15) is 0 Å². The van der Waals surface area contributed by atoms with Gasteiger partial charge in [0.25, 0.3) is 5.91 Å². The highest BCUT2D eigenvalue weighted by atomic mass is 19.1. The van der Waals surface area contributed by atoms with E-state index in [1.165, 1.54) is 12.1 Å². The Bertz CT molecular complexity index is 1170. The van der Waals surface area contributed by atoms with Crippen molar-refractivity contribution >= 4 is 23.5 Å². The van der Waals surface area contributed by atoms with E-state index in [0.29, 0.717) is 16.8 Å². The number of amides is 1. The Balaban J connectivity index is 1.67. The molecule has 1 atom stereocenters. The number of aliphatic carboxylic acids is 1. The van der Waals surface area contributed by atoms with Gasteiger partial charge >= 0.3 is 11.9 Å². The molecule has 0 aromatic heterocycles. The third-order valence-corrected chi connectivity index (χ3v) is 7.02. The van der Waals surface area contributed by atoms with Gasteiger partial charge in [-0.25, -0.2) is 9.38 Å². The molecule has 1 aliphatic carbocycles. The Morgan fingerprint density at radius 3 is 2.50 bits per heavy atom. The molecule has 1 amide bonds. The lowest BCUT2D eigenvalue weighted by Crippen LogP contribution is -2.73. The Hall–Kier alpha value is -3.55. The van der Waals surface area contributed by atoms with E-state index in [0.717, 1.165) is 50.5 Å². The third kappa shape index (κ3) is 5.32. The zero-order chi connectivity index (χ0) is 25.7. The third-order valence-electron chi connectivity index (χ3n) is 7.02. The van der Waals surface area contributed by atoms with Crippen LogP contribution in [0.4, 0.5) is 4.39 Å². The molecule has 36 heavy (non-hydrogen) atoms. The molecule has 2 aliphatic rings. The number of nitrogens with zero attached hydrogens (tertiary/aromatic N) is 2. The summed E-state index contributed by atoms with van der Waals surface area (Å²) in [5.74, 6) is -1.60. The van der Waals surface area contributed by atoms with Gasteiger partial charge in [0.05, 0.1) is 11.6 Å². The molecule has 7 nitrogen and oxygen atoms in total. The van der Waals surface area contributed by atoms with Gasteiger partial charge < -0.3 is 15.1 Å². The van der Waals surface area contributed by atoms with E-state index in [1.807, 2.05) is 17.0 Å². The fourth-order valence-corrected chi connectivity index (χ4v) is 5.31. The van der Waals surface area contributed by atoms with Crippen LogP contribution in [-0.2, 0) is 9.59 Å². The van der Waals surface area contributed by atoms with Crippen molar-refractivity contribution < 1.29 is 29.2 Å². The largest absolute Gasteiger partial charge is 0.481 e. The molecular formula is C28H33FN3O4+. The van der Waals surface area contributed by atoms with Crippen LogP contribution in [0.15, 0.2) is 53.5 Å². The van der Waals surface area contributed by atoms with Crippen LogP contribution in [0.1, 0.15) is 81.0 Å².